The molecule has 80 valence electrons. The standard InChI is InChI=1S/C13H17NO/c1-10-2-4-11(5-3-10)12-6-8-13(14-15)9-7-12/h6-11H,2-5H2,1H3. The van der Waals surface area contributed by atoms with Gasteiger partial charge in [-0.1, -0.05) is 31.9 Å². The number of nitrogens with zero attached hydrogens (tertiary/aromatic N) is 1. The van der Waals surface area contributed by atoms with Gasteiger partial charge in [-0.25, -0.2) is 0 Å². The molecule has 1 saturated carbocycles. The third kappa shape index (κ3) is 2.44. The Morgan fingerprint density at radius 1 is 1.07 bits per heavy atom. The van der Waals surface area contributed by atoms with Gasteiger partial charge in [-0.3, -0.25) is 0 Å². The number of rotatable bonds is 2. The topological polar surface area (TPSA) is 29.4 Å². The lowest BCUT2D eigenvalue weighted by Gasteiger charge is -2.26. The first kappa shape index (κ1) is 10.3. The van der Waals surface area contributed by atoms with Crippen LogP contribution < -0.4 is 0 Å². The summed E-state index contributed by atoms with van der Waals surface area (Å²) < 4.78 is 0. The van der Waals surface area contributed by atoms with E-state index in [1.54, 1.807) is 0 Å². The van der Waals surface area contributed by atoms with Crippen LogP contribution >= 0.6 is 0 Å². The van der Waals surface area contributed by atoms with Gasteiger partial charge in [0.25, 0.3) is 0 Å². The van der Waals surface area contributed by atoms with E-state index in [-0.39, 0.29) is 0 Å². The van der Waals surface area contributed by atoms with E-state index in [9.17, 15) is 4.91 Å². The largest absolute Gasteiger partial charge is 0.145 e. The highest BCUT2D eigenvalue weighted by molar-refractivity contribution is 5.39. The van der Waals surface area contributed by atoms with Crippen molar-refractivity contribution in [2.75, 3.05) is 0 Å². The molecule has 1 aliphatic carbocycles. The predicted molar refractivity (Wildman–Crippen MR) is 62.3 cm³/mol. The van der Waals surface area contributed by atoms with Crippen LogP contribution in [-0.2, 0) is 0 Å². The minimum Gasteiger partial charge on any atom is -0.145 e. The lowest BCUT2D eigenvalue weighted by Crippen LogP contribution is -2.10. The molecule has 0 spiro atoms. The lowest BCUT2D eigenvalue weighted by atomic mass is 9.79. The fraction of sp³-hybridized carbons (Fsp3) is 0.538. The molecule has 0 radical (unpaired) electrons. The monoisotopic (exact) mass is 203 g/mol. The van der Waals surface area contributed by atoms with E-state index < -0.39 is 0 Å². The van der Waals surface area contributed by atoms with Crippen LogP contribution in [-0.4, -0.2) is 0 Å². The van der Waals surface area contributed by atoms with E-state index in [1.165, 1.54) is 31.2 Å². The van der Waals surface area contributed by atoms with Gasteiger partial charge < -0.3 is 0 Å². The molecule has 0 aliphatic heterocycles. The maximum Gasteiger partial charge on any atom is 0.108 e. The zero-order chi connectivity index (χ0) is 10.7. The molecule has 0 saturated heterocycles. The average Bonchev–Trinajstić information content (AvgIpc) is 2.30. The minimum absolute atomic E-state index is 0.530. The summed E-state index contributed by atoms with van der Waals surface area (Å²) >= 11 is 0. The first-order valence-corrected chi connectivity index (χ1v) is 5.73. The van der Waals surface area contributed by atoms with Crippen LogP contribution in [0.25, 0.3) is 0 Å². The fourth-order valence-corrected chi connectivity index (χ4v) is 2.40. The van der Waals surface area contributed by atoms with Crippen molar-refractivity contribution in [3.05, 3.63) is 34.7 Å². The summed E-state index contributed by atoms with van der Waals surface area (Å²) in [5, 5.41) is 2.92. The Hall–Kier alpha value is -1.18. The highest BCUT2D eigenvalue weighted by atomic mass is 16.3. The van der Waals surface area contributed by atoms with Crippen molar-refractivity contribution in [1.82, 2.24) is 0 Å². The summed E-state index contributed by atoms with van der Waals surface area (Å²) in [6.45, 7) is 2.33. The van der Waals surface area contributed by atoms with Crippen LogP contribution in [0.5, 0.6) is 0 Å². The molecule has 0 amide bonds. The number of hydrogen-bond acceptors (Lipinski definition) is 2. The van der Waals surface area contributed by atoms with Crippen molar-refractivity contribution in [1.29, 1.82) is 0 Å². The van der Waals surface area contributed by atoms with E-state index >= 15 is 0 Å². The molecular formula is C13H17NO. The molecule has 0 heterocycles. The van der Waals surface area contributed by atoms with Gasteiger partial charge in [0.2, 0.25) is 0 Å². The molecule has 1 aromatic carbocycles. The molecule has 2 nitrogen and oxygen atoms in total. The van der Waals surface area contributed by atoms with Gasteiger partial charge in [0.05, 0.1) is 0 Å². The summed E-state index contributed by atoms with van der Waals surface area (Å²) in [5.74, 6) is 1.58. The quantitative estimate of drug-likeness (QED) is 0.656. The van der Waals surface area contributed by atoms with Crippen LogP contribution in [0.1, 0.15) is 44.1 Å². The molecule has 0 bridgehead atoms. The van der Waals surface area contributed by atoms with Crippen LogP contribution in [0.15, 0.2) is 29.4 Å². The molecular weight excluding hydrogens is 186 g/mol. The van der Waals surface area contributed by atoms with Gasteiger partial charge in [-0.2, -0.15) is 0 Å². The van der Waals surface area contributed by atoms with E-state index in [1.807, 2.05) is 12.1 Å². The number of hydrogen-bond donors (Lipinski definition) is 0. The number of benzene rings is 1. The molecule has 0 aromatic heterocycles. The Balaban J connectivity index is 2.06. The summed E-state index contributed by atoms with van der Waals surface area (Å²) in [6.07, 6.45) is 5.24. The van der Waals surface area contributed by atoms with Crippen molar-refractivity contribution in [3.8, 4) is 0 Å². The fourth-order valence-electron chi connectivity index (χ4n) is 2.40. The Kier molecular flexibility index (Phi) is 3.14. The van der Waals surface area contributed by atoms with Crippen molar-refractivity contribution >= 4 is 5.69 Å². The summed E-state index contributed by atoms with van der Waals surface area (Å²) in [4.78, 5) is 10.3. The van der Waals surface area contributed by atoms with E-state index in [0.717, 1.165) is 5.92 Å². The van der Waals surface area contributed by atoms with Crippen LogP contribution in [0.4, 0.5) is 5.69 Å². The summed E-state index contributed by atoms with van der Waals surface area (Å²) in [6, 6.07) is 7.75. The first-order chi connectivity index (χ1) is 7.29. The van der Waals surface area contributed by atoms with Gasteiger partial charge in [0, 0.05) is 0 Å². The lowest BCUT2D eigenvalue weighted by molar-refractivity contribution is 0.348. The Morgan fingerprint density at radius 3 is 2.20 bits per heavy atom. The molecule has 1 fully saturated rings. The Bertz CT molecular complexity index is 323. The van der Waals surface area contributed by atoms with Crippen molar-refractivity contribution < 1.29 is 0 Å². The second-order valence-corrected chi connectivity index (χ2v) is 4.64. The van der Waals surface area contributed by atoms with Gasteiger partial charge >= 0.3 is 0 Å². The third-order valence-electron chi connectivity index (χ3n) is 3.49. The first-order valence-electron chi connectivity index (χ1n) is 5.73. The summed E-state index contributed by atoms with van der Waals surface area (Å²) in [7, 11) is 0. The van der Waals surface area contributed by atoms with Crippen LogP contribution in [0.3, 0.4) is 0 Å². The minimum atomic E-state index is 0.530. The molecule has 0 atom stereocenters. The zero-order valence-corrected chi connectivity index (χ0v) is 9.15. The second-order valence-electron chi connectivity index (χ2n) is 4.64. The van der Waals surface area contributed by atoms with Crippen LogP contribution in [0.2, 0.25) is 0 Å². The third-order valence-corrected chi connectivity index (χ3v) is 3.49. The Labute approximate surface area is 90.7 Å². The zero-order valence-electron chi connectivity index (χ0n) is 9.15. The maximum absolute atomic E-state index is 10.3. The molecule has 1 aromatic rings. The number of nitroso groups, excluding NO2 is 1. The van der Waals surface area contributed by atoms with E-state index in [2.05, 4.69) is 24.2 Å². The molecule has 0 N–H and O–H groups in total. The summed E-state index contributed by atoms with van der Waals surface area (Å²) in [5.41, 5.74) is 1.90. The molecule has 2 rings (SSSR count). The molecule has 0 unspecified atom stereocenters. The Morgan fingerprint density at radius 2 is 1.67 bits per heavy atom. The molecule has 15 heavy (non-hydrogen) atoms. The molecule has 1 aliphatic rings. The highest BCUT2D eigenvalue weighted by Gasteiger charge is 2.19. The van der Waals surface area contributed by atoms with Crippen LogP contribution in [0, 0.1) is 10.8 Å². The van der Waals surface area contributed by atoms with Gasteiger partial charge in [0.15, 0.2) is 0 Å². The van der Waals surface area contributed by atoms with Crippen molar-refractivity contribution in [3.63, 3.8) is 0 Å². The van der Waals surface area contributed by atoms with Crippen molar-refractivity contribution in [2.45, 2.75) is 38.5 Å². The normalized spacial score (nSPS) is 26.2. The van der Waals surface area contributed by atoms with Gasteiger partial charge in [-0.15, -0.1) is 4.91 Å². The predicted octanol–water partition coefficient (Wildman–Crippen LogP) is 4.38. The smallest absolute Gasteiger partial charge is 0.108 e. The SMILES string of the molecule is CC1CCC(c2ccc(N=O)cc2)CC1. The molecule has 2 heteroatoms. The van der Waals surface area contributed by atoms with Crippen molar-refractivity contribution in [2.24, 2.45) is 11.1 Å². The van der Waals surface area contributed by atoms with Gasteiger partial charge in [-0.05, 0) is 47.6 Å². The average molecular weight is 203 g/mol. The van der Waals surface area contributed by atoms with E-state index in [0.29, 0.717) is 11.6 Å². The highest BCUT2D eigenvalue weighted by Crippen LogP contribution is 2.35. The maximum atomic E-state index is 10.3. The van der Waals surface area contributed by atoms with E-state index in [4.69, 9.17) is 0 Å². The van der Waals surface area contributed by atoms with Gasteiger partial charge in [0.1, 0.15) is 5.69 Å². The second kappa shape index (κ2) is 4.56.